The molecule has 2 aromatic heterocycles. The van der Waals surface area contributed by atoms with Gasteiger partial charge in [0.1, 0.15) is 0 Å². The number of allylic oxidation sites excluding steroid dienone is 1. The Morgan fingerprint density at radius 2 is 2.07 bits per heavy atom. The fourth-order valence-corrected chi connectivity index (χ4v) is 4.51. The molecular weight excluding hydrogens is 388 g/mol. The third-order valence-corrected chi connectivity index (χ3v) is 5.77. The standard InChI is InChI=1S/C22H22N2O4S/c1-3-6-17(18-9-10-29-20(18)16(4-2)22(27)28)19-12-23-13-24(19)15-8-5-7-14(11-15)21(25)26/h4-5,7-13,17H,3,6H2,1-2H3,(H,25,26)(H,27,28). The van der Waals surface area contributed by atoms with Crippen LogP contribution in [0, 0.1) is 0 Å². The van der Waals surface area contributed by atoms with Gasteiger partial charge in [-0.3, -0.25) is 0 Å². The van der Waals surface area contributed by atoms with E-state index in [4.69, 9.17) is 0 Å². The number of hydrogen-bond donors (Lipinski definition) is 2. The molecule has 0 aliphatic carbocycles. The molecule has 0 amide bonds. The summed E-state index contributed by atoms with van der Waals surface area (Å²) in [6.07, 6.45) is 6.77. The Balaban J connectivity index is 2.12. The van der Waals surface area contributed by atoms with Crippen LogP contribution in [0.4, 0.5) is 0 Å². The maximum absolute atomic E-state index is 11.7. The molecule has 2 N–H and O–H groups in total. The predicted molar refractivity (Wildman–Crippen MR) is 113 cm³/mol. The molecule has 3 aromatic rings. The normalized spacial score (nSPS) is 12.7. The van der Waals surface area contributed by atoms with E-state index >= 15 is 0 Å². The zero-order valence-corrected chi connectivity index (χ0v) is 17.0. The molecule has 0 radical (unpaired) electrons. The van der Waals surface area contributed by atoms with E-state index in [1.807, 2.05) is 22.1 Å². The highest BCUT2D eigenvalue weighted by atomic mass is 32.1. The van der Waals surface area contributed by atoms with E-state index < -0.39 is 11.9 Å². The van der Waals surface area contributed by atoms with Gasteiger partial charge in [-0.15, -0.1) is 11.3 Å². The van der Waals surface area contributed by atoms with Gasteiger partial charge in [0.2, 0.25) is 0 Å². The van der Waals surface area contributed by atoms with Crippen molar-refractivity contribution in [1.82, 2.24) is 9.55 Å². The number of benzene rings is 1. The van der Waals surface area contributed by atoms with Crippen LogP contribution in [0.5, 0.6) is 0 Å². The highest BCUT2D eigenvalue weighted by Crippen LogP contribution is 2.38. The number of aromatic carboxylic acids is 1. The fraction of sp³-hybridized carbons (Fsp3) is 0.227. The second-order valence-electron chi connectivity index (χ2n) is 6.60. The zero-order chi connectivity index (χ0) is 21.0. The Morgan fingerprint density at radius 3 is 2.72 bits per heavy atom. The third-order valence-electron chi connectivity index (χ3n) is 4.81. The summed E-state index contributed by atoms with van der Waals surface area (Å²) >= 11 is 1.41. The summed E-state index contributed by atoms with van der Waals surface area (Å²) < 4.78 is 1.88. The van der Waals surface area contributed by atoms with Gasteiger partial charge in [-0.05, 0) is 48.6 Å². The molecule has 1 atom stereocenters. The van der Waals surface area contributed by atoms with Gasteiger partial charge in [-0.1, -0.05) is 25.5 Å². The lowest BCUT2D eigenvalue weighted by atomic mass is 9.90. The van der Waals surface area contributed by atoms with Crippen LogP contribution in [0.25, 0.3) is 11.3 Å². The van der Waals surface area contributed by atoms with E-state index in [1.54, 1.807) is 43.7 Å². The Kier molecular flexibility index (Phi) is 6.29. The number of hydrogen-bond acceptors (Lipinski definition) is 4. The van der Waals surface area contributed by atoms with Crippen molar-refractivity contribution >= 4 is 28.8 Å². The molecule has 7 heteroatoms. The first-order chi connectivity index (χ1) is 14.0. The lowest BCUT2D eigenvalue weighted by Gasteiger charge is -2.20. The molecule has 1 aromatic carbocycles. The van der Waals surface area contributed by atoms with E-state index in [1.165, 1.54) is 11.3 Å². The van der Waals surface area contributed by atoms with Gasteiger partial charge < -0.3 is 14.8 Å². The molecule has 0 saturated carbocycles. The zero-order valence-electron chi connectivity index (χ0n) is 16.2. The van der Waals surface area contributed by atoms with E-state index in [-0.39, 0.29) is 17.1 Å². The van der Waals surface area contributed by atoms with Crippen molar-refractivity contribution in [2.75, 3.05) is 0 Å². The molecule has 0 aliphatic rings. The summed E-state index contributed by atoms with van der Waals surface area (Å²) in [6, 6.07) is 8.67. The number of carbonyl (C=O) groups is 2. The molecular formula is C22H22N2O4S. The number of thiophene rings is 1. The number of aliphatic carboxylic acids is 1. The van der Waals surface area contributed by atoms with Crippen LogP contribution in [0.1, 0.15) is 59.1 Å². The minimum atomic E-state index is -0.988. The quantitative estimate of drug-likeness (QED) is 0.507. The summed E-state index contributed by atoms with van der Waals surface area (Å²) in [5.41, 5.74) is 3.04. The highest BCUT2D eigenvalue weighted by Gasteiger charge is 2.25. The number of imidazole rings is 1. The Labute approximate surface area is 172 Å². The Hall–Kier alpha value is -3.19. The number of carboxylic acids is 2. The van der Waals surface area contributed by atoms with Gasteiger partial charge in [0, 0.05) is 28.4 Å². The van der Waals surface area contributed by atoms with E-state index in [0.717, 1.165) is 29.0 Å². The van der Waals surface area contributed by atoms with Crippen LogP contribution >= 0.6 is 11.3 Å². The summed E-state index contributed by atoms with van der Waals surface area (Å²) in [6.45, 7) is 3.81. The van der Waals surface area contributed by atoms with Crippen molar-refractivity contribution < 1.29 is 19.8 Å². The molecule has 0 bridgehead atoms. The molecule has 6 nitrogen and oxygen atoms in total. The van der Waals surface area contributed by atoms with Crippen molar-refractivity contribution in [3.8, 4) is 5.69 Å². The summed E-state index contributed by atoms with van der Waals surface area (Å²) in [7, 11) is 0. The molecule has 1 unspecified atom stereocenters. The van der Waals surface area contributed by atoms with Gasteiger partial charge in [0.15, 0.2) is 0 Å². The van der Waals surface area contributed by atoms with Crippen molar-refractivity contribution in [1.29, 1.82) is 0 Å². The lowest BCUT2D eigenvalue weighted by molar-refractivity contribution is -0.130. The first kappa shape index (κ1) is 20.5. The lowest BCUT2D eigenvalue weighted by Crippen LogP contribution is -2.10. The van der Waals surface area contributed by atoms with Gasteiger partial charge in [-0.2, -0.15) is 0 Å². The number of aromatic nitrogens is 2. The molecule has 2 heterocycles. The Morgan fingerprint density at radius 1 is 1.28 bits per heavy atom. The second-order valence-corrected chi connectivity index (χ2v) is 7.51. The largest absolute Gasteiger partial charge is 0.478 e. The van der Waals surface area contributed by atoms with Crippen LogP contribution in [0.3, 0.4) is 0 Å². The van der Waals surface area contributed by atoms with Crippen LogP contribution in [0.15, 0.2) is 54.3 Å². The van der Waals surface area contributed by atoms with Gasteiger partial charge >= 0.3 is 11.9 Å². The van der Waals surface area contributed by atoms with Crippen LogP contribution < -0.4 is 0 Å². The van der Waals surface area contributed by atoms with E-state index in [0.29, 0.717) is 5.69 Å². The van der Waals surface area contributed by atoms with Gasteiger partial charge in [-0.25, -0.2) is 14.6 Å². The topological polar surface area (TPSA) is 92.4 Å². The van der Waals surface area contributed by atoms with Gasteiger partial charge in [0.25, 0.3) is 0 Å². The SMILES string of the molecule is CC=C(C(=O)O)c1sccc1C(CCC)c1cncn1-c1cccc(C(=O)O)c1. The predicted octanol–water partition coefficient (Wildman–Crippen LogP) is 5.05. The molecule has 0 fully saturated rings. The number of carboxylic acid groups (broad SMARTS) is 2. The van der Waals surface area contributed by atoms with Gasteiger partial charge in [0.05, 0.1) is 17.5 Å². The van der Waals surface area contributed by atoms with E-state index in [2.05, 4.69) is 11.9 Å². The molecule has 0 spiro atoms. The average molecular weight is 410 g/mol. The maximum atomic E-state index is 11.7. The molecule has 29 heavy (non-hydrogen) atoms. The van der Waals surface area contributed by atoms with Crippen molar-refractivity contribution in [3.05, 3.63) is 76.0 Å². The van der Waals surface area contributed by atoms with Crippen molar-refractivity contribution in [3.63, 3.8) is 0 Å². The van der Waals surface area contributed by atoms with Crippen molar-refractivity contribution in [2.45, 2.75) is 32.6 Å². The molecule has 150 valence electrons. The fourth-order valence-electron chi connectivity index (χ4n) is 3.48. The summed E-state index contributed by atoms with van der Waals surface area (Å²) in [5.74, 6) is -2.00. The molecule has 0 saturated heterocycles. The monoisotopic (exact) mass is 410 g/mol. The summed E-state index contributed by atoms with van der Waals surface area (Å²) in [5, 5.41) is 20.8. The smallest absolute Gasteiger partial charge is 0.336 e. The highest BCUT2D eigenvalue weighted by molar-refractivity contribution is 7.11. The second kappa shape index (κ2) is 8.87. The molecule has 0 aliphatic heterocycles. The first-order valence-corrected chi connectivity index (χ1v) is 10.2. The third kappa shape index (κ3) is 4.14. The van der Waals surface area contributed by atoms with Crippen LogP contribution in [0.2, 0.25) is 0 Å². The first-order valence-electron chi connectivity index (χ1n) is 9.31. The van der Waals surface area contributed by atoms with Crippen molar-refractivity contribution in [2.24, 2.45) is 0 Å². The maximum Gasteiger partial charge on any atom is 0.336 e. The minimum absolute atomic E-state index is 0.0634. The molecule has 3 rings (SSSR count). The van der Waals surface area contributed by atoms with Crippen LogP contribution in [-0.2, 0) is 4.79 Å². The van der Waals surface area contributed by atoms with E-state index in [9.17, 15) is 19.8 Å². The number of nitrogens with zero attached hydrogens (tertiary/aromatic N) is 2. The Bertz CT molecular complexity index is 1060. The van der Waals surface area contributed by atoms with Crippen LogP contribution in [-0.4, -0.2) is 31.7 Å². The number of rotatable bonds is 8. The minimum Gasteiger partial charge on any atom is -0.478 e. The average Bonchev–Trinajstić information content (AvgIpc) is 3.36. The summed E-state index contributed by atoms with van der Waals surface area (Å²) in [4.78, 5) is 28.1.